The van der Waals surface area contributed by atoms with Crippen LogP contribution in [0.1, 0.15) is 39.0 Å². The van der Waals surface area contributed by atoms with Crippen LogP contribution in [0.2, 0.25) is 0 Å². The zero-order valence-electron chi connectivity index (χ0n) is 10.3. The van der Waals surface area contributed by atoms with Gasteiger partial charge >= 0.3 is 0 Å². The number of hydrogen-bond donors (Lipinski definition) is 1. The van der Waals surface area contributed by atoms with Crippen molar-refractivity contribution < 1.29 is 0 Å². The van der Waals surface area contributed by atoms with Crippen molar-refractivity contribution in [2.24, 2.45) is 11.7 Å². The van der Waals surface area contributed by atoms with E-state index < -0.39 is 0 Å². The molecule has 2 nitrogen and oxygen atoms in total. The van der Waals surface area contributed by atoms with Crippen LogP contribution in [0.25, 0.3) is 0 Å². The predicted molar refractivity (Wildman–Crippen MR) is 67.6 cm³/mol. The molecule has 0 spiro atoms. The molecule has 1 unspecified atom stereocenters. The van der Waals surface area contributed by atoms with Crippen molar-refractivity contribution in [3.63, 3.8) is 0 Å². The van der Waals surface area contributed by atoms with Crippen LogP contribution < -0.4 is 5.73 Å². The summed E-state index contributed by atoms with van der Waals surface area (Å²) < 4.78 is 0. The molecule has 0 aromatic heterocycles. The highest BCUT2D eigenvalue weighted by molar-refractivity contribution is 4.87. The molecular formula is C13H26N2. The van der Waals surface area contributed by atoms with Gasteiger partial charge in [0.15, 0.2) is 0 Å². The standard InChI is InChI=1S/C13H26N2/c1-4-7-13(9-10-14)8-6-12-15(3)11-5-2/h2,13H,4,6-12,14H2,1,3H3. The molecule has 0 amide bonds. The molecule has 0 aliphatic heterocycles. The smallest absolute Gasteiger partial charge is 0.0596 e. The molecule has 0 fully saturated rings. The van der Waals surface area contributed by atoms with Crippen LogP contribution in [-0.4, -0.2) is 31.6 Å². The Balaban J connectivity index is 3.56. The highest BCUT2D eigenvalue weighted by Gasteiger charge is 2.06. The molecule has 0 saturated carbocycles. The summed E-state index contributed by atoms with van der Waals surface area (Å²) in [6.07, 6.45) is 11.5. The lowest BCUT2D eigenvalue weighted by atomic mass is 9.94. The van der Waals surface area contributed by atoms with E-state index in [4.69, 9.17) is 12.2 Å². The first-order valence-electron chi connectivity index (χ1n) is 6.06. The highest BCUT2D eigenvalue weighted by Crippen LogP contribution is 2.16. The predicted octanol–water partition coefficient (Wildman–Crippen LogP) is 2.10. The maximum Gasteiger partial charge on any atom is 0.0596 e. The second kappa shape index (κ2) is 10.0. The topological polar surface area (TPSA) is 29.3 Å². The second-order valence-electron chi connectivity index (χ2n) is 4.32. The van der Waals surface area contributed by atoms with Crippen molar-refractivity contribution in [1.29, 1.82) is 0 Å². The molecule has 0 radical (unpaired) electrons. The van der Waals surface area contributed by atoms with Crippen LogP contribution in [0.3, 0.4) is 0 Å². The molecule has 0 aromatic rings. The molecule has 0 heterocycles. The molecule has 1 atom stereocenters. The van der Waals surface area contributed by atoms with Crippen molar-refractivity contribution in [2.75, 3.05) is 26.7 Å². The van der Waals surface area contributed by atoms with Crippen LogP contribution in [0.15, 0.2) is 0 Å². The fraction of sp³-hybridized carbons (Fsp3) is 0.846. The lowest BCUT2D eigenvalue weighted by Gasteiger charge is -2.17. The van der Waals surface area contributed by atoms with E-state index >= 15 is 0 Å². The third kappa shape index (κ3) is 8.47. The fourth-order valence-electron chi connectivity index (χ4n) is 1.96. The summed E-state index contributed by atoms with van der Waals surface area (Å²) in [5, 5.41) is 0. The van der Waals surface area contributed by atoms with E-state index in [1.54, 1.807) is 0 Å². The lowest BCUT2D eigenvalue weighted by molar-refractivity contribution is 0.330. The van der Waals surface area contributed by atoms with Gasteiger partial charge in [-0.05, 0) is 45.3 Å². The minimum absolute atomic E-state index is 0.759. The molecule has 2 heteroatoms. The van der Waals surface area contributed by atoms with Crippen LogP contribution in [0, 0.1) is 18.3 Å². The van der Waals surface area contributed by atoms with Crippen molar-refractivity contribution in [3.8, 4) is 12.3 Å². The SMILES string of the molecule is C#CCN(C)CCCC(CCC)CCN. The average molecular weight is 210 g/mol. The van der Waals surface area contributed by atoms with E-state index in [9.17, 15) is 0 Å². The molecule has 15 heavy (non-hydrogen) atoms. The molecule has 0 bridgehead atoms. The van der Waals surface area contributed by atoms with E-state index in [1.807, 2.05) is 0 Å². The molecule has 0 rings (SSSR count). The Morgan fingerprint density at radius 3 is 2.60 bits per heavy atom. The van der Waals surface area contributed by atoms with Crippen molar-refractivity contribution in [1.82, 2.24) is 4.90 Å². The van der Waals surface area contributed by atoms with Crippen LogP contribution in [0.4, 0.5) is 0 Å². The number of nitrogens with two attached hydrogens (primary N) is 1. The average Bonchev–Trinajstić information content (AvgIpc) is 2.19. The van der Waals surface area contributed by atoms with Gasteiger partial charge in [-0.2, -0.15) is 0 Å². The quantitative estimate of drug-likeness (QED) is 0.591. The van der Waals surface area contributed by atoms with E-state index in [2.05, 4.69) is 24.8 Å². The summed E-state index contributed by atoms with van der Waals surface area (Å²) in [5.74, 6) is 3.48. The molecule has 2 N–H and O–H groups in total. The summed E-state index contributed by atoms with van der Waals surface area (Å²) in [7, 11) is 2.08. The van der Waals surface area contributed by atoms with Gasteiger partial charge < -0.3 is 5.73 Å². The third-order valence-corrected chi connectivity index (χ3v) is 2.79. The molecule has 88 valence electrons. The Kier molecular flexibility index (Phi) is 9.67. The second-order valence-corrected chi connectivity index (χ2v) is 4.32. The van der Waals surface area contributed by atoms with Crippen LogP contribution >= 0.6 is 0 Å². The Hall–Kier alpha value is -0.520. The normalized spacial score (nSPS) is 12.7. The zero-order valence-corrected chi connectivity index (χ0v) is 10.3. The van der Waals surface area contributed by atoms with Gasteiger partial charge in [-0.25, -0.2) is 0 Å². The van der Waals surface area contributed by atoms with E-state index in [-0.39, 0.29) is 0 Å². The van der Waals surface area contributed by atoms with Gasteiger partial charge in [0, 0.05) is 0 Å². The first-order valence-corrected chi connectivity index (χ1v) is 6.06. The van der Waals surface area contributed by atoms with Crippen LogP contribution in [-0.2, 0) is 0 Å². The summed E-state index contributed by atoms with van der Waals surface area (Å²) >= 11 is 0. The highest BCUT2D eigenvalue weighted by atomic mass is 15.1. The number of nitrogens with zero attached hydrogens (tertiary/aromatic N) is 1. The van der Waals surface area contributed by atoms with Gasteiger partial charge in [-0.1, -0.05) is 25.7 Å². The van der Waals surface area contributed by atoms with E-state index in [0.717, 1.165) is 25.6 Å². The van der Waals surface area contributed by atoms with Gasteiger partial charge in [0.1, 0.15) is 0 Å². The number of terminal acetylenes is 1. The summed E-state index contributed by atoms with van der Waals surface area (Å²) in [4.78, 5) is 2.20. The van der Waals surface area contributed by atoms with Crippen molar-refractivity contribution in [2.45, 2.75) is 39.0 Å². The summed E-state index contributed by atoms with van der Waals surface area (Å²) in [6.45, 7) is 4.93. The van der Waals surface area contributed by atoms with Crippen molar-refractivity contribution in [3.05, 3.63) is 0 Å². The van der Waals surface area contributed by atoms with E-state index in [0.29, 0.717) is 0 Å². The Bertz CT molecular complexity index is 166. The maximum atomic E-state index is 5.60. The maximum absolute atomic E-state index is 5.60. The number of hydrogen-bond acceptors (Lipinski definition) is 2. The minimum Gasteiger partial charge on any atom is -0.330 e. The Labute approximate surface area is 95.2 Å². The summed E-state index contributed by atoms with van der Waals surface area (Å²) in [5.41, 5.74) is 5.60. The lowest BCUT2D eigenvalue weighted by Crippen LogP contribution is -2.20. The molecule has 0 aliphatic rings. The molecule has 0 aromatic carbocycles. The monoisotopic (exact) mass is 210 g/mol. The van der Waals surface area contributed by atoms with Gasteiger partial charge in [-0.15, -0.1) is 6.42 Å². The van der Waals surface area contributed by atoms with Crippen molar-refractivity contribution >= 4 is 0 Å². The van der Waals surface area contributed by atoms with Gasteiger partial charge in [-0.3, -0.25) is 4.90 Å². The largest absolute Gasteiger partial charge is 0.330 e. The zero-order chi connectivity index (χ0) is 11.5. The Morgan fingerprint density at radius 1 is 1.33 bits per heavy atom. The molecule has 0 aliphatic carbocycles. The van der Waals surface area contributed by atoms with E-state index in [1.165, 1.54) is 32.1 Å². The molecule has 0 saturated heterocycles. The van der Waals surface area contributed by atoms with Gasteiger partial charge in [0.2, 0.25) is 0 Å². The van der Waals surface area contributed by atoms with Gasteiger partial charge in [0.05, 0.1) is 6.54 Å². The first kappa shape index (κ1) is 14.5. The summed E-state index contributed by atoms with van der Waals surface area (Å²) in [6, 6.07) is 0. The minimum atomic E-state index is 0.759. The third-order valence-electron chi connectivity index (χ3n) is 2.79. The first-order chi connectivity index (χ1) is 7.24. The fourth-order valence-corrected chi connectivity index (χ4v) is 1.96. The number of rotatable bonds is 9. The van der Waals surface area contributed by atoms with Crippen LogP contribution in [0.5, 0.6) is 0 Å². The molecular weight excluding hydrogens is 184 g/mol. The van der Waals surface area contributed by atoms with Gasteiger partial charge in [0.25, 0.3) is 0 Å². The Morgan fingerprint density at radius 2 is 2.07 bits per heavy atom.